The van der Waals surface area contributed by atoms with Crippen molar-refractivity contribution in [3.63, 3.8) is 0 Å². The number of carbonyl (C=O) groups is 2. The highest BCUT2D eigenvalue weighted by molar-refractivity contribution is 6.21. The second-order valence-corrected chi connectivity index (χ2v) is 5.46. The summed E-state index contributed by atoms with van der Waals surface area (Å²) in [7, 11) is 0. The minimum Gasteiger partial charge on any atom is -0.439 e. The highest BCUT2D eigenvalue weighted by atomic mass is 35.5. The van der Waals surface area contributed by atoms with Crippen LogP contribution in [0.15, 0.2) is 30.3 Å². The molecular weight excluding hydrogens is 282 g/mol. The highest BCUT2D eigenvalue weighted by Crippen LogP contribution is 2.32. The molecule has 1 fully saturated rings. The summed E-state index contributed by atoms with van der Waals surface area (Å²) in [5, 5.41) is 9.13. The van der Waals surface area contributed by atoms with Crippen molar-refractivity contribution in [3.8, 4) is 0 Å². The van der Waals surface area contributed by atoms with E-state index in [1.54, 1.807) is 19.1 Å². The van der Waals surface area contributed by atoms with Gasteiger partial charge in [-0.2, -0.15) is 0 Å². The summed E-state index contributed by atoms with van der Waals surface area (Å²) < 4.78 is 5.23. The molecule has 108 valence electrons. The Kier molecular flexibility index (Phi) is 4.62. The van der Waals surface area contributed by atoms with E-state index in [1.807, 2.05) is 18.2 Å². The van der Waals surface area contributed by atoms with Crippen LogP contribution in [0.3, 0.4) is 0 Å². The van der Waals surface area contributed by atoms with Crippen molar-refractivity contribution in [3.05, 3.63) is 35.9 Å². The molecule has 2 rings (SSSR count). The maximum atomic E-state index is 12.0. The van der Waals surface area contributed by atoms with Gasteiger partial charge in [0, 0.05) is 11.8 Å². The lowest BCUT2D eigenvalue weighted by atomic mass is 10.0. The third-order valence-electron chi connectivity index (χ3n) is 3.15. The number of cyclic esters (lactones) is 1. The SMILES string of the molecule is C[C@H](Cl)CC(=O)N1C(=O)O[C@@H](c2ccccc2)[C@@H]1CO. The molecule has 0 radical (unpaired) electrons. The number of aliphatic hydroxyl groups is 1. The number of halogens is 1. The van der Waals surface area contributed by atoms with Gasteiger partial charge in [-0.15, -0.1) is 11.6 Å². The molecule has 2 amide bonds. The second kappa shape index (κ2) is 6.24. The molecule has 6 heteroatoms. The Balaban J connectivity index is 2.23. The minimum absolute atomic E-state index is 0.0225. The van der Waals surface area contributed by atoms with Crippen LogP contribution < -0.4 is 0 Å². The predicted octanol–water partition coefficient (Wildman–Crippen LogP) is 2.08. The standard InChI is InChI=1S/C14H16ClNO4/c1-9(15)7-12(18)16-11(8-17)13(20-14(16)19)10-5-3-2-4-6-10/h2-6,9,11,13,17H,7-8H2,1H3/t9-,11-,13-/m0/s1. The Morgan fingerprint density at radius 2 is 2.10 bits per heavy atom. The van der Waals surface area contributed by atoms with Crippen LogP contribution in [-0.4, -0.2) is 40.0 Å². The second-order valence-electron chi connectivity index (χ2n) is 4.71. The summed E-state index contributed by atoms with van der Waals surface area (Å²) in [6, 6.07) is 8.32. The van der Waals surface area contributed by atoms with Crippen molar-refractivity contribution in [2.45, 2.75) is 30.9 Å². The number of imide groups is 1. The van der Waals surface area contributed by atoms with Gasteiger partial charge in [0.25, 0.3) is 0 Å². The fourth-order valence-electron chi connectivity index (χ4n) is 2.25. The van der Waals surface area contributed by atoms with Crippen LogP contribution in [0, 0.1) is 0 Å². The van der Waals surface area contributed by atoms with E-state index < -0.39 is 24.1 Å². The molecule has 0 aromatic heterocycles. The van der Waals surface area contributed by atoms with Crippen molar-refractivity contribution < 1.29 is 19.4 Å². The summed E-state index contributed by atoms with van der Waals surface area (Å²) in [6.07, 6.45) is -1.36. The lowest BCUT2D eigenvalue weighted by molar-refractivity contribution is -0.129. The fourth-order valence-corrected chi connectivity index (χ4v) is 2.38. The van der Waals surface area contributed by atoms with Crippen molar-refractivity contribution in [2.24, 2.45) is 0 Å². The van der Waals surface area contributed by atoms with Crippen LogP contribution >= 0.6 is 11.6 Å². The summed E-state index contributed by atoms with van der Waals surface area (Å²) in [4.78, 5) is 24.9. The van der Waals surface area contributed by atoms with Crippen molar-refractivity contribution in [1.29, 1.82) is 0 Å². The van der Waals surface area contributed by atoms with Gasteiger partial charge in [0.15, 0.2) is 6.10 Å². The van der Waals surface area contributed by atoms with Gasteiger partial charge >= 0.3 is 6.09 Å². The van der Waals surface area contributed by atoms with Crippen molar-refractivity contribution >= 4 is 23.6 Å². The first-order chi connectivity index (χ1) is 9.54. The monoisotopic (exact) mass is 297 g/mol. The molecule has 0 aliphatic carbocycles. The average molecular weight is 298 g/mol. The van der Waals surface area contributed by atoms with E-state index in [4.69, 9.17) is 16.3 Å². The first-order valence-corrected chi connectivity index (χ1v) is 6.80. The molecular formula is C14H16ClNO4. The third-order valence-corrected chi connectivity index (χ3v) is 3.30. The summed E-state index contributed by atoms with van der Waals surface area (Å²) in [6.45, 7) is 1.32. The fraction of sp³-hybridized carbons (Fsp3) is 0.429. The molecule has 0 spiro atoms. The topological polar surface area (TPSA) is 66.8 Å². The molecule has 1 heterocycles. The number of rotatable bonds is 4. The number of hydrogen-bond donors (Lipinski definition) is 1. The van der Waals surface area contributed by atoms with E-state index in [-0.39, 0.29) is 18.4 Å². The zero-order valence-corrected chi connectivity index (χ0v) is 11.8. The Morgan fingerprint density at radius 3 is 2.65 bits per heavy atom. The average Bonchev–Trinajstić information content (AvgIpc) is 2.75. The lowest BCUT2D eigenvalue weighted by Crippen LogP contribution is -2.42. The van der Waals surface area contributed by atoms with Crippen molar-refractivity contribution in [1.82, 2.24) is 4.90 Å². The smallest absolute Gasteiger partial charge is 0.417 e. The molecule has 5 nitrogen and oxygen atoms in total. The van der Waals surface area contributed by atoms with E-state index >= 15 is 0 Å². The van der Waals surface area contributed by atoms with E-state index in [0.29, 0.717) is 0 Å². The van der Waals surface area contributed by atoms with E-state index in [1.165, 1.54) is 0 Å². The molecule has 1 aliphatic rings. The summed E-state index contributed by atoms with van der Waals surface area (Å²) in [5.41, 5.74) is 0.745. The molecule has 20 heavy (non-hydrogen) atoms. The number of amides is 2. The van der Waals surface area contributed by atoms with Gasteiger partial charge in [-0.1, -0.05) is 30.3 Å². The first-order valence-electron chi connectivity index (χ1n) is 6.37. The lowest BCUT2D eigenvalue weighted by Gasteiger charge is -2.21. The molecule has 0 unspecified atom stereocenters. The normalized spacial score (nSPS) is 23.6. The van der Waals surface area contributed by atoms with Gasteiger partial charge < -0.3 is 9.84 Å². The largest absolute Gasteiger partial charge is 0.439 e. The third kappa shape index (κ3) is 2.94. The van der Waals surface area contributed by atoms with Gasteiger partial charge in [0.05, 0.1) is 6.61 Å². The zero-order valence-electron chi connectivity index (χ0n) is 11.0. The predicted molar refractivity (Wildman–Crippen MR) is 73.3 cm³/mol. The minimum atomic E-state index is -0.736. The highest BCUT2D eigenvalue weighted by Gasteiger charge is 2.45. The number of carbonyl (C=O) groups excluding carboxylic acids is 2. The zero-order chi connectivity index (χ0) is 14.7. The quantitative estimate of drug-likeness (QED) is 0.864. The van der Waals surface area contributed by atoms with Crippen LogP contribution in [0.4, 0.5) is 4.79 Å². The van der Waals surface area contributed by atoms with E-state index in [0.717, 1.165) is 10.5 Å². The van der Waals surface area contributed by atoms with Gasteiger partial charge in [-0.3, -0.25) is 4.79 Å². The Labute approximate surface area is 122 Å². The number of hydrogen-bond acceptors (Lipinski definition) is 4. The summed E-state index contributed by atoms with van der Waals surface area (Å²) in [5.74, 6) is -0.435. The van der Waals surface area contributed by atoms with Gasteiger partial charge in [0.2, 0.25) is 5.91 Å². The molecule has 0 saturated carbocycles. The molecule has 1 aliphatic heterocycles. The van der Waals surface area contributed by atoms with Gasteiger partial charge in [0.1, 0.15) is 6.04 Å². The van der Waals surface area contributed by atoms with Gasteiger partial charge in [-0.05, 0) is 12.5 Å². The maximum Gasteiger partial charge on any atom is 0.417 e. The molecule has 1 N–H and O–H groups in total. The Morgan fingerprint density at radius 1 is 1.45 bits per heavy atom. The van der Waals surface area contributed by atoms with Crippen LogP contribution in [-0.2, 0) is 9.53 Å². The van der Waals surface area contributed by atoms with Crippen LogP contribution in [0.1, 0.15) is 25.0 Å². The Bertz CT molecular complexity index is 491. The van der Waals surface area contributed by atoms with Gasteiger partial charge in [-0.25, -0.2) is 9.69 Å². The number of alkyl halides is 1. The number of aliphatic hydroxyl groups excluding tert-OH is 1. The molecule has 3 atom stereocenters. The molecule has 1 saturated heterocycles. The Hall–Kier alpha value is -1.59. The van der Waals surface area contributed by atoms with Crippen molar-refractivity contribution in [2.75, 3.05) is 6.61 Å². The molecule has 1 aromatic rings. The van der Waals surface area contributed by atoms with E-state index in [2.05, 4.69) is 0 Å². The number of nitrogens with zero attached hydrogens (tertiary/aromatic N) is 1. The van der Waals surface area contributed by atoms with Crippen LogP contribution in [0.25, 0.3) is 0 Å². The maximum absolute atomic E-state index is 12.0. The first kappa shape index (κ1) is 14.8. The van der Waals surface area contributed by atoms with Crippen LogP contribution in [0.5, 0.6) is 0 Å². The number of benzene rings is 1. The van der Waals surface area contributed by atoms with E-state index in [9.17, 15) is 14.7 Å². The molecule has 0 bridgehead atoms. The van der Waals surface area contributed by atoms with Crippen LogP contribution in [0.2, 0.25) is 0 Å². The number of ether oxygens (including phenoxy) is 1. The summed E-state index contributed by atoms with van der Waals surface area (Å²) >= 11 is 5.78. The molecule has 1 aromatic carbocycles.